The maximum Gasteiger partial charge on any atom is 0.191 e. The molecule has 6 heteroatoms. The monoisotopic (exact) mass is 387 g/mol. The largest absolute Gasteiger partial charge is 0.356 e. The van der Waals surface area contributed by atoms with Crippen LogP contribution in [-0.4, -0.2) is 40.3 Å². The summed E-state index contributed by atoms with van der Waals surface area (Å²) in [6.45, 7) is 5.61. The van der Waals surface area contributed by atoms with Gasteiger partial charge in [0, 0.05) is 25.6 Å². The maximum absolute atomic E-state index is 12.3. The van der Waals surface area contributed by atoms with Crippen LogP contribution in [0.25, 0.3) is 0 Å². The molecule has 0 saturated heterocycles. The standard InChI is InChI=1S/C21H29N3O2S/c1-21(2,18-11-6-4-7-12-18)17-24-20(22-3)23-15-10-16-27(25,26)19-13-8-5-9-14-19/h4-9,11-14H,10,15-17H2,1-3H3,(H2,22,23,24). The van der Waals surface area contributed by atoms with Gasteiger partial charge in [-0.25, -0.2) is 8.42 Å². The Balaban J connectivity index is 1.79. The molecule has 0 spiro atoms. The Kier molecular flexibility index (Phi) is 7.42. The summed E-state index contributed by atoms with van der Waals surface area (Å²) in [7, 11) is -1.52. The van der Waals surface area contributed by atoms with Crippen molar-refractivity contribution >= 4 is 15.8 Å². The molecule has 0 atom stereocenters. The molecule has 0 bridgehead atoms. The summed E-state index contributed by atoms with van der Waals surface area (Å²) in [5.41, 5.74) is 1.21. The summed E-state index contributed by atoms with van der Waals surface area (Å²) in [6.07, 6.45) is 0.514. The molecular weight excluding hydrogens is 358 g/mol. The first-order valence-electron chi connectivity index (χ1n) is 9.13. The zero-order valence-electron chi connectivity index (χ0n) is 16.3. The summed E-state index contributed by atoms with van der Waals surface area (Å²) >= 11 is 0. The minimum atomic E-state index is -3.24. The van der Waals surface area contributed by atoms with Crippen molar-refractivity contribution in [3.8, 4) is 0 Å². The fourth-order valence-corrected chi connectivity index (χ4v) is 4.06. The second-order valence-electron chi connectivity index (χ2n) is 7.09. The number of rotatable bonds is 8. The Bertz CT molecular complexity index is 832. The van der Waals surface area contributed by atoms with Crippen molar-refractivity contribution in [3.05, 3.63) is 66.2 Å². The first-order chi connectivity index (χ1) is 12.8. The molecule has 2 rings (SSSR count). The van der Waals surface area contributed by atoms with Gasteiger partial charge in [0.05, 0.1) is 10.6 Å². The van der Waals surface area contributed by atoms with Gasteiger partial charge in [-0.3, -0.25) is 4.99 Å². The summed E-state index contributed by atoms with van der Waals surface area (Å²) in [4.78, 5) is 4.59. The zero-order chi connectivity index (χ0) is 19.8. The van der Waals surface area contributed by atoms with E-state index < -0.39 is 9.84 Å². The molecule has 0 heterocycles. The Morgan fingerprint density at radius 3 is 2.15 bits per heavy atom. The van der Waals surface area contributed by atoms with E-state index in [4.69, 9.17) is 0 Å². The molecule has 0 aromatic heterocycles. The lowest BCUT2D eigenvalue weighted by Gasteiger charge is -2.26. The number of nitrogens with zero attached hydrogens (tertiary/aromatic N) is 1. The van der Waals surface area contributed by atoms with Gasteiger partial charge in [0.2, 0.25) is 0 Å². The van der Waals surface area contributed by atoms with Crippen LogP contribution in [0.2, 0.25) is 0 Å². The highest BCUT2D eigenvalue weighted by molar-refractivity contribution is 7.91. The summed E-state index contributed by atoms with van der Waals surface area (Å²) in [5.74, 6) is 0.785. The number of nitrogens with one attached hydrogen (secondary N) is 2. The molecule has 0 aliphatic carbocycles. The SMILES string of the molecule is CN=C(NCCCS(=O)(=O)c1ccccc1)NCC(C)(C)c1ccccc1. The lowest BCUT2D eigenvalue weighted by Crippen LogP contribution is -2.43. The van der Waals surface area contributed by atoms with Gasteiger partial charge in [0.1, 0.15) is 0 Å². The Hall–Kier alpha value is -2.34. The Morgan fingerprint density at radius 2 is 1.56 bits per heavy atom. The van der Waals surface area contributed by atoms with E-state index in [1.54, 1.807) is 31.3 Å². The van der Waals surface area contributed by atoms with Crippen molar-refractivity contribution in [2.75, 3.05) is 25.9 Å². The summed E-state index contributed by atoms with van der Waals surface area (Å²) in [5, 5.41) is 6.52. The van der Waals surface area contributed by atoms with Crippen LogP contribution in [0.15, 0.2) is 70.6 Å². The smallest absolute Gasteiger partial charge is 0.191 e. The van der Waals surface area contributed by atoms with E-state index in [0.717, 1.165) is 6.54 Å². The van der Waals surface area contributed by atoms with Gasteiger partial charge in [0.25, 0.3) is 0 Å². The molecule has 0 saturated carbocycles. The van der Waals surface area contributed by atoms with Crippen LogP contribution in [0.1, 0.15) is 25.8 Å². The van der Waals surface area contributed by atoms with Gasteiger partial charge >= 0.3 is 0 Å². The quantitative estimate of drug-likeness (QED) is 0.415. The van der Waals surface area contributed by atoms with Gasteiger partial charge in [-0.05, 0) is 24.1 Å². The maximum atomic E-state index is 12.3. The molecule has 0 aliphatic heterocycles. The van der Waals surface area contributed by atoms with Crippen LogP contribution in [0.5, 0.6) is 0 Å². The second kappa shape index (κ2) is 9.55. The van der Waals surface area contributed by atoms with Gasteiger partial charge in [-0.15, -0.1) is 0 Å². The van der Waals surface area contributed by atoms with Crippen molar-refractivity contribution < 1.29 is 8.42 Å². The summed E-state index contributed by atoms with van der Waals surface area (Å²) in [6, 6.07) is 18.9. The first kappa shape index (κ1) is 21.0. The predicted molar refractivity (Wildman–Crippen MR) is 112 cm³/mol. The number of guanidine groups is 1. The second-order valence-corrected chi connectivity index (χ2v) is 9.20. The molecule has 2 aromatic rings. The molecule has 2 N–H and O–H groups in total. The average Bonchev–Trinajstić information content (AvgIpc) is 2.69. The lowest BCUT2D eigenvalue weighted by atomic mass is 9.85. The lowest BCUT2D eigenvalue weighted by molar-refractivity contribution is 0.508. The number of sulfone groups is 1. The molecule has 0 amide bonds. The number of hydrogen-bond acceptors (Lipinski definition) is 3. The Labute approximate surface area is 162 Å². The minimum absolute atomic E-state index is 0.0461. The molecule has 0 radical (unpaired) electrons. The first-order valence-corrected chi connectivity index (χ1v) is 10.8. The minimum Gasteiger partial charge on any atom is -0.356 e. The van der Waals surface area contributed by atoms with E-state index in [0.29, 0.717) is 23.8 Å². The van der Waals surface area contributed by atoms with Crippen molar-refractivity contribution in [1.82, 2.24) is 10.6 Å². The third-order valence-corrected chi connectivity index (χ3v) is 6.28. The van der Waals surface area contributed by atoms with E-state index >= 15 is 0 Å². The van der Waals surface area contributed by atoms with Crippen LogP contribution in [0.4, 0.5) is 0 Å². The third-order valence-electron chi connectivity index (χ3n) is 4.46. The van der Waals surface area contributed by atoms with Gasteiger partial charge in [-0.1, -0.05) is 62.4 Å². The van der Waals surface area contributed by atoms with Crippen LogP contribution in [0, 0.1) is 0 Å². The van der Waals surface area contributed by atoms with Crippen molar-refractivity contribution in [2.45, 2.75) is 30.6 Å². The number of hydrogen-bond donors (Lipinski definition) is 2. The van der Waals surface area contributed by atoms with E-state index in [9.17, 15) is 8.42 Å². The Morgan fingerprint density at radius 1 is 0.963 bits per heavy atom. The zero-order valence-corrected chi connectivity index (χ0v) is 17.1. The summed E-state index contributed by atoms with van der Waals surface area (Å²) < 4.78 is 24.6. The van der Waals surface area contributed by atoms with Gasteiger partial charge < -0.3 is 10.6 Å². The van der Waals surface area contributed by atoms with Crippen LogP contribution in [-0.2, 0) is 15.3 Å². The van der Waals surface area contributed by atoms with Crippen LogP contribution < -0.4 is 10.6 Å². The fourth-order valence-electron chi connectivity index (χ4n) is 2.73. The van der Waals surface area contributed by atoms with E-state index in [1.165, 1.54) is 5.56 Å². The molecular formula is C21H29N3O2S. The number of aliphatic imine (C=N–C) groups is 1. The van der Waals surface area contributed by atoms with E-state index in [1.807, 2.05) is 24.3 Å². The molecule has 146 valence electrons. The molecule has 5 nitrogen and oxygen atoms in total. The molecule has 27 heavy (non-hydrogen) atoms. The van der Waals surface area contributed by atoms with E-state index in [-0.39, 0.29) is 11.2 Å². The van der Waals surface area contributed by atoms with Gasteiger partial charge in [-0.2, -0.15) is 0 Å². The molecule has 0 aliphatic rings. The molecule has 0 unspecified atom stereocenters. The van der Waals surface area contributed by atoms with Crippen molar-refractivity contribution in [3.63, 3.8) is 0 Å². The normalized spacial score (nSPS) is 12.6. The van der Waals surface area contributed by atoms with Crippen molar-refractivity contribution in [1.29, 1.82) is 0 Å². The fraction of sp³-hybridized carbons (Fsp3) is 0.381. The number of benzene rings is 2. The highest BCUT2D eigenvalue weighted by Gasteiger charge is 2.20. The predicted octanol–water partition coefficient (Wildman–Crippen LogP) is 2.99. The highest BCUT2D eigenvalue weighted by Crippen LogP contribution is 2.21. The van der Waals surface area contributed by atoms with Crippen molar-refractivity contribution in [2.24, 2.45) is 4.99 Å². The van der Waals surface area contributed by atoms with Gasteiger partial charge in [0.15, 0.2) is 15.8 Å². The highest BCUT2D eigenvalue weighted by atomic mass is 32.2. The van der Waals surface area contributed by atoms with Crippen LogP contribution >= 0.6 is 0 Å². The molecule has 0 fully saturated rings. The third kappa shape index (κ3) is 6.40. The molecule has 2 aromatic carbocycles. The topological polar surface area (TPSA) is 70.6 Å². The van der Waals surface area contributed by atoms with Crippen LogP contribution in [0.3, 0.4) is 0 Å². The van der Waals surface area contributed by atoms with E-state index in [2.05, 4.69) is 41.6 Å². The average molecular weight is 388 g/mol.